The van der Waals surface area contributed by atoms with E-state index in [1.165, 1.54) is 11.1 Å². The van der Waals surface area contributed by atoms with Crippen molar-refractivity contribution in [2.24, 2.45) is 10.9 Å². The number of nitrogens with zero attached hydrogens (tertiary/aromatic N) is 3. The quantitative estimate of drug-likeness (QED) is 0.346. The number of aryl methyl sites for hydroxylation is 2. The minimum absolute atomic E-state index is 0. The number of guanidine groups is 1. The van der Waals surface area contributed by atoms with Gasteiger partial charge in [0.25, 0.3) is 0 Å². The van der Waals surface area contributed by atoms with Crippen molar-refractivity contribution in [2.75, 3.05) is 26.2 Å². The number of piperidine rings is 1. The van der Waals surface area contributed by atoms with Crippen molar-refractivity contribution in [3.8, 4) is 0 Å². The first-order valence-corrected chi connectivity index (χ1v) is 10.5. The van der Waals surface area contributed by atoms with E-state index in [9.17, 15) is 0 Å². The second-order valence-electron chi connectivity index (χ2n) is 8.06. The van der Waals surface area contributed by atoms with Crippen LogP contribution in [0.2, 0.25) is 0 Å². The van der Waals surface area contributed by atoms with E-state index in [2.05, 4.69) is 66.5 Å². The molecule has 2 heterocycles. The number of hydrogen-bond acceptors (Lipinski definition) is 3. The van der Waals surface area contributed by atoms with Crippen LogP contribution in [0.15, 0.2) is 39.8 Å². The van der Waals surface area contributed by atoms with Gasteiger partial charge in [-0.05, 0) is 44.6 Å². The molecule has 5 nitrogen and oxygen atoms in total. The van der Waals surface area contributed by atoms with Gasteiger partial charge < -0.3 is 14.7 Å². The SMILES string of the molecule is CCNC(=NCC(C)c1c(C)noc1C)N1CCC(c2ccccc2)C(C)C1.I. The maximum absolute atomic E-state index is 5.33. The van der Waals surface area contributed by atoms with E-state index < -0.39 is 0 Å². The van der Waals surface area contributed by atoms with Crippen molar-refractivity contribution < 1.29 is 4.52 Å². The number of benzene rings is 1. The summed E-state index contributed by atoms with van der Waals surface area (Å²) in [6.45, 7) is 14.4. The Hall–Kier alpha value is -1.57. The van der Waals surface area contributed by atoms with Gasteiger partial charge in [-0.15, -0.1) is 24.0 Å². The monoisotopic (exact) mass is 510 g/mol. The highest BCUT2D eigenvalue weighted by Crippen LogP contribution is 2.32. The molecular weight excluding hydrogens is 475 g/mol. The minimum Gasteiger partial charge on any atom is -0.361 e. The first-order chi connectivity index (χ1) is 13.5. The Morgan fingerprint density at radius 1 is 1.31 bits per heavy atom. The first-order valence-electron chi connectivity index (χ1n) is 10.5. The molecule has 6 heteroatoms. The van der Waals surface area contributed by atoms with E-state index >= 15 is 0 Å². The molecule has 0 spiro atoms. The van der Waals surface area contributed by atoms with Crippen molar-refractivity contribution in [1.82, 2.24) is 15.4 Å². The average molecular weight is 510 g/mol. The normalized spacial score (nSPS) is 20.9. The van der Waals surface area contributed by atoms with Crippen LogP contribution in [0, 0.1) is 19.8 Å². The molecule has 1 aliphatic heterocycles. The zero-order chi connectivity index (χ0) is 20.1. The molecule has 3 atom stereocenters. The van der Waals surface area contributed by atoms with Crippen LogP contribution in [0.1, 0.15) is 61.6 Å². The Morgan fingerprint density at radius 3 is 2.62 bits per heavy atom. The van der Waals surface area contributed by atoms with Crippen LogP contribution in [-0.2, 0) is 0 Å². The molecular formula is C23H35IN4O. The van der Waals surface area contributed by atoms with Crippen molar-refractivity contribution in [2.45, 2.75) is 52.9 Å². The van der Waals surface area contributed by atoms with Gasteiger partial charge in [0.05, 0.1) is 5.69 Å². The molecule has 0 bridgehead atoms. The molecule has 0 saturated carbocycles. The van der Waals surface area contributed by atoms with Gasteiger partial charge in [0, 0.05) is 37.7 Å². The van der Waals surface area contributed by atoms with Gasteiger partial charge in [0.2, 0.25) is 0 Å². The van der Waals surface area contributed by atoms with E-state index in [0.717, 1.165) is 50.0 Å². The largest absolute Gasteiger partial charge is 0.361 e. The number of aromatic nitrogens is 1. The molecule has 1 aromatic carbocycles. The van der Waals surface area contributed by atoms with E-state index in [-0.39, 0.29) is 24.0 Å². The van der Waals surface area contributed by atoms with Gasteiger partial charge in [-0.1, -0.05) is 49.3 Å². The Balaban J connectivity index is 0.00000300. The second kappa shape index (κ2) is 11.0. The summed E-state index contributed by atoms with van der Waals surface area (Å²) in [4.78, 5) is 7.39. The Labute approximate surface area is 192 Å². The highest BCUT2D eigenvalue weighted by atomic mass is 127. The summed E-state index contributed by atoms with van der Waals surface area (Å²) in [7, 11) is 0. The summed E-state index contributed by atoms with van der Waals surface area (Å²) in [5.41, 5.74) is 3.63. The molecule has 3 rings (SSSR count). The minimum atomic E-state index is 0. The van der Waals surface area contributed by atoms with Crippen molar-refractivity contribution in [3.63, 3.8) is 0 Å². The van der Waals surface area contributed by atoms with Gasteiger partial charge >= 0.3 is 0 Å². The zero-order valence-electron chi connectivity index (χ0n) is 18.3. The maximum Gasteiger partial charge on any atom is 0.193 e. The Bertz CT molecular complexity index is 770. The summed E-state index contributed by atoms with van der Waals surface area (Å²) >= 11 is 0. The van der Waals surface area contributed by atoms with Crippen molar-refractivity contribution in [3.05, 3.63) is 52.9 Å². The van der Waals surface area contributed by atoms with Gasteiger partial charge in [-0.2, -0.15) is 0 Å². The van der Waals surface area contributed by atoms with Crippen LogP contribution in [-0.4, -0.2) is 42.2 Å². The summed E-state index contributed by atoms with van der Waals surface area (Å²) in [5, 5.41) is 7.58. The average Bonchev–Trinajstić information content (AvgIpc) is 3.03. The van der Waals surface area contributed by atoms with Crippen molar-refractivity contribution >= 4 is 29.9 Å². The molecule has 1 aromatic heterocycles. The molecule has 0 radical (unpaired) electrons. The number of rotatable bonds is 5. The third-order valence-electron chi connectivity index (χ3n) is 5.86. The second-order valence-corrected chi connectivity index (χ2v) is 8.06. The highest BCUT2D eigenvalue weighted by molar-refractivity contribution is 14.0. The maximum atomic E-state index is 5.33. The summed E-state index contributed by atoms with van der Waals surface area (Å²) in [6.07, 6.45) is 1.16. The molecule has 0 aliphatic carbocycles. The van der Waals surface area contributed by atoms with Crippen molar-refractivity contribution in [1.29, 1.82) is 0 Å². The molecule has 1 aliphatic rings. The molecule has 1 saturated heterocycles. The predicted molar refractivity (Wildman–Crippen MR) is 130 cm³/mol. The number of aliphatic imine (C=N–C) groups is 1. The fourth-order valence-electron chi connectivity index (χ4n) is 4.47. The van der Waals surface area contributed by atoms with Gasteiger partial charge in [-0.25, -0.2) is 0 Å². The van der Waals surface area contributed by atoms with Crippen LogP contribution >= 0.6 is 24.0 Å². The highest BCUT2D eigenvalue weighted by Gasteiger charge is 2.28. The van der Waals surface area contributed by atoms with Crippen LogP contribution in [0.25, 0.3) is 0 Å². The molecule has 2 aromatic rings. The molecule has 29 heavy (non-hydrogen) atoms. The Morgan fingerprint density at radius 2 is 2.03 bits per heavy atom. The lowest BCUT2D eigenvalue weighted by molar-refractivity contribution is 0.234. The lowest BCUT2D eigenvalue weighted by atomic mass is 9.82. The third-order valence-corrected chi connectivity index (χ3v) is 5.86. The molecule has 1 fully saturated rings. The smallest absolute Gasteiger partial charge is 0.193 e. The zero-order valence-corrected chi connectivity index (χ0v) is 20.6. The van der Waals surface area contributed by atoms with E-state index in [1.54, 1.807) is 0 Å². The number of halogens is 1. The van der Waals surface area contributed by atoms with Gasteiger partial charge in [-0.3, -0.25) is 4.99 Å². The fraction of sp³-hybridized carbons (Fsp3) is 0.565. The summed E-state index contributed by atoms with van der Waals surface area (Å²) in [6, 6.07) is 10.9. The predicted octanol–water partition coefficient (Wildman–Crippen LogP) is 5.10. The van der Waals surface area contributed by atoms with E-state index in [0.29, 0.717) is 17.8 Å². The number of likely N-dealkylation sites (tertiary alicyclic amines) is 1. The van der Waals surface area contributed by atoms with E-state index in [4.69, 9.17) is 9.52 Å². The summed E-state index contributed by atoms with van der Waals surface area (Å²) in [5.74, 6) is 3.45. The van der Waals surface area contributed by atoms with Crippen LogP contribution < -0.4 is 5.32 Å². The van der Waals surface area contributed by atoms with Gasteiger partial charge in [0.1, 0.15) is 5.76 Å². The molecule has 0 amide bonds. The fourth-order valence-corrected chi connectivity index (χ4v) is 4.47. The van der Waals surface area contributed by atoms with Crippen LogP contribution in [0.3, 0.4) is 0 Å². The van der Waals surface area contributed by atoms with Crippen LogP contribution in [0.5, 0.6) is 0 Å². The standard InChI is InChI=1S/C23H34N4O.HI/c1-6-24-23(25-14-16(2)22-18(4)26-28-19(22)5)27-13-12-21(17(3)15-27)20-10-8-7-9-11-20;/h7-11,16-17,21H,6,12-15H2,1-5H3,(H,24,25);1H. The molecule has 1 N–H and O–H groups in total. The van der Waals surface area contributed by atoms with E-state index in [1.807, 2.05) is 13.8 Å². The first kappa shape index (κ1) is 23.7. The van der Waals surface area contributed by atoms with Gasteiger partial charge in [0.15, 0.2) is 5.96 Å². The third kappa shape index (κ3) is 5.74. The molecule has 3 unspecified atom stereocenters. The topological polar surface area (TPSA) is 53.7 Å². The lowest BCUT2D eigenvalue weighted by Crippen LogP contribution is -2.48. The number of nitrogens with one attached hydrogen (secondary N) is 1. The van der Waals surface area contributed by atoms with Crippen LogP contribution in [0.4, 0.5) is 0 Å². The molecule has 160 valence electrons. The summed E-state index contributed by atoms with van der Waals surface area (Å²) < 4.78 is 5.33. The number of hydrogen-bond donors (Lipinski definition) is 1. The lowest BCUT2D eigenvalue weighted by Gasteiger charge is -2.39. The Kier molecular flexibility index (Phi) is 8.99.